The van der Waals surface area contributed by atoms with E-state index in [1.165, 1.54) is 16.8 Å². The van der Waals surface area contributed by atoms with Gasteiger partial charge < -0.3 is 15.0 Å². The zero-order valence-electron chi connectivity index (χ0n) is 10.6. The fraction of sp³-hybridized carbons (Fsp3) is 0.417. The lowest BCUT2D eigenvalue weighted by Gasteiger charge is -2.18. The van der Waals surface area contributed by atoms with Crippen molar-refractivity contribution in [3.05, 3.63) is 33.2 Å². The first kappa shape index (κ1) is 15.4. The highest BCUT2D eigenvalue weighted by Gasteiger charge is 2.23. The Morgan fingerprint density at radius 3 is 2.58 bits per heavy atom. The molecular weight excluding hydrogens is 316 g/mol. The lowest BCUT2D eigenvalue weighted by Crippen LogP contribution is -2.46. The molecule has 0 aliphatic heterocycles. The van der Waals surface area contributed by atoms with Gasteiger partial charge in [-0.2, -0.15) is 0 Å². The summed E-state index contributed by atoms with van der Waals surface area (Å²) in [5, 5.41) is 11.4. The Balaban J connectivity index is 2.77. The van der Waals surface area contributed by atoms with E-state index in [1.807, 2.05) is 0 Å². The smallest absolute Gasteiger partial charge is 0.326 e. The highest BCUT2D eigenvalue weighted by atomic mass is 79.9. The van der Waals surface area contributed by atoms with Crippen LogP contribution in [0.4, 0.5) is 0 Å². The Kier molecular flexibility index (Phi) is 5.29. The Hall–Kier alpha value is -1.63. The van der Waals surface area contributed by atoms with Gasteiger partial charge in [0.25, 0.3) is 5.56 Å². The summed E-state index contributed by atoms with van der Waals surface area (Å²) >= 11 is 3.20. The third-order valence-electron chi connectivity index (χ3n) is 2.51. The zero-order chi connectivity index (χ0) is 14.6. The molecule has 6 nitrogen and oxygen atoms in total. The molecule has 2 N–H and O–H groups in total. The first-order valence-corrected chi connectivity index (χ1v) is 6.48. The van der Waals surface area contributed by atoms with Crippen LogP contribution in [-0.2, 0) is 16.1 Å². The molecule has 104 valence electrons. The van der Waals surface area contributed by atoms with Crippen molar-refractivity contribution in [3.63, 3.8) is 0 Å². The van der Waals surface area contributed by atoms with Crippen LogP contribution in [0.5, 0.6) is 0 Å². The topological polar surface area (TPSA) is 88.4 Å². The van der Waals surface area contributed by atoms with Crippen LogP contribution in [0.15, 0.2) is 27.6 Å². The van der Waals surface area contributed by atoms with Gasteiger partial charge in [0.1, 0.15) is 12.6 Å². The van der Waals surface area contributed by atoms with Gasteiger partial charge in [-0.05, 0) is 27.9 Å². The maximum absolute atomic E-state index is 11.7. The molecule has 1 aromatic rings. The van der Waals surface area contributed by atoms with Crippen molar-refractivity contribution in [2.45, 2.75) is 26.4 Å². The monoisotopic (exact) mass is 330 g/mol. The third-order valence-corrected chi connectivity index (χ3v) is 2.98. The van der Waals surface area contributed by atoms with Gasteiger partial charge in [-0.1, -0.05) is 13.8 Å². The summed E-state index contributed by atoms with van der Waals surface area (Å²) in [5.41, 5.74) is -0.324. The van der Waals surface area contributed by atoms with E-state index < -0.39 is 17.9 Å². The van der Waals surface area contributed by atoms with Crippen molar-refractivity contribution in [1.29, 1.82) is 0 Å². The fourth-order valence-corrected chi connectivity index (χ4v) is 1.89. The van der Waals surface area contributed by atoms with Crippen molar-refractivity contribution >= 4 is 27.8 Å². The van der Waals surface area contributed by atoms with E-state index in [2.05, 4.69) is 21.2 Å². The minimum absolute atomic E-state index is 0.214. The average Bonchev–Trinajstić information content (AvgIpc) is 2.30. The first-order valence-electron chi connectivity index (χ1n) is 5.69. The number of carboxylic acids is 1. The van der Waals surface area contributed by atoms with Crippen LogP contribution >= 0.6 is 15.9 Å². The second-order valence-electron chi connectivity index (χ2n) is 4.44. The maximum atomic E-state index is 11.7. The molecule has 0 aromatic carbocycles. The van der Waals surface area contributed by atoms with E-state index >= 15 is 0 Å². The summed E-state index contributed by atoms with van der Waals surface area (Å²) in [4.78, 5) is 34.2. The molecule has 1 amide bonds. The quantitative estimate of drug-likeness (QED) is 0.837. The summed E-state index contributed by atoms with van der Waals surface area (Å²) < 4.78 is 1.87. The number of carboxylic acid groups (broad SMARTS) is 1. The number of pyridine rings is 1. The van der Waals surface area contributed by atoms with Crippen LogP contribution in [0.1, 0.15) is 13.8 Å². The standard InChI is InChI=1S/C12H15BrN2O4/c1-7(2)11(12(18)19)14-9(16)6-15-5-8(13)3-4-10(15)17/h3-5,7,11H,6H2,1-2H3,(H,14,16)(H,18,19). The van der Waals surface area contributed by atoms with Gasteiger partial charge in [-0.25, -0.2) is 4.79 Å². The minimum atomic E-state index is -1.09. The molecule has 7 heteroatoms. The van der Waals surface area contributed by atoms with Crippen molar-refractivity contribution in [3.8, 4) is 0 Å². The number of halogens is 1. The number of hydrogen-bond acceptors (Lipinski definition) is 3. The normalized spacial score (nSPS) is 12.2. The van der Waals surface area contributed by atoms with Gasteiger partial charge >= 0.3 is 5.97 Å². The van der Waals surface area contributed by atoms with Crippen molar-refractivity contribution in [2.75, 3.05) is 0 Å². The van der Waals surface area contributed by atoms with Gasteiger partial charge in [0.15, 0.2) is 0 Å². The molecule has 1 rings (SSSR count). The predicted octanol–water partition coefficient (Wildman–Crippen LogP) is 0.836. The molecule has 0 saturated heterocycles. The number of aliphatic carboxylic acids is 1. The number of hydrogen-bond donors (Lipinski definition) is 2. The Labute approximate surface area is 118 Å². The molecule has 1 unspecified atom stereocenters. The van der Waals surface area contributed by atoms with E-state index in [0.717, 1.165) is 0 Å². The largest absolute Gasteiger partial charge is 0.480 e. The Morgan fingerprint density at radius 2 is 2.05 bits per heavy atom. The van der Waals surface area contributed by atoms with Crippen LogP contribution in [0.3, 0.4) is 0 Å². The minimum Gasteiger partial charge on any atom is -0.480 e. The summed E-state index contributed by atoms with van der Waals surface area (Å²) in [6.45, 7) is 3.18. The van der Waals surface area contributed by atoms with Crippen LogP contribution in [0.25, 0.3) is 0 Å². The molecule has 0 bridgehead atoms. The second-order valence-corrected chi connectivity index (χ2v) is 5.36. The van der Waals surface area contributed by atoms with Crippen LogP contribution in [0.2, 0.25) is 0 Å². The van der Waals surface area contributed by atoms with Crippen molar-refractivity contribution in [2.24, 2.45) is 5.92 Å². The van der Waals surface area contributed by atoms with E-state index in [1.54, 1.807) is 19.9 Å². The molecule has 0 saturated carbocycles. The van der Waals surface area contributed by atoms with Gasteiger partial charge in [0, 0.05) is 16.7 Å². The molecule has 1 heterocycles. The van der Waals surface area contributed by atoms with E-state index in [9.17, 15) is 14.4 Å². The zero-order valence-corrected chi connectivity index (χ0v) is 12.2. The second kappa shape index (κ2) is 6.51. The maximum Gasteiger partial charge on any atom is 0.326 e. The molecule has 19 heavy (non-hydrogen) atoms. The first-order chi connectivity index (χ1) is 8.81. The van der Waals surface area contributed by atoms with Gasteiger partial charge in [-0.15, -0.1) is 0 Å². The number of nitrogens with one attached hydrogen (secondary N) is 1. The Morgan fingerprint density at radius 1 is 1.42 bits per heavy atom. The summed E-state index contributed by atoms with van der Waals surface area (Å²) in [7, 11) is 0. The predicted molar refractivity (Wildman–Crippen MR) is 72.8 cm³/mol. The molecule has 0 aliphatic carbocycles. The molecule has 1 aromatic heterocycles. The van der Waals surface area contributed by atoms with Crippen LogP contribution < -0.4 is 10.9 Å². The number of carbonyl (C=O) groups excluding carboxylic acids is 1. The molecule has 0 aliphatic rings. The lowest BCUT2D eigenvalue weighted by molar-refractivity contribution is -0.143. The average molecular weight is 331 g/mol. The van der Waals surface area contributed by atoms with Gasteiger partial charge in [-0.3, -0.25) is 9.59 Å². The lowest BCUT2D eigenvalue weighted by atomic mass is 10.1. The van der Waals surface area contributed by atoms with E-state index in [-0.39, 0.29) is 18.0 Å². The molecule has 1 atom stereocenters. The van der Waals surface area contributed by atoms with Crippen LogP contribution in [0, 0.1) is 5.92 Å². The van der Waals surface area contributed by atoms with E-state index in [4.69, 9.17) is 5.11 Å². The number of aromatic nitrogens is 1. The number of carbonyl (C=O) groups is 2. The summed E-state index contributed by atoms with van der Waals surface area (Å²) in [5.74, 6) is -1.84. The van der Waals surface area contributed by atoms with E-state index in [0.29, 0.717) is 4.47 Å². The van der Waals surface area contributed by atoms with Gasteiger partial charge in [0.05, 0.1) is 0 Å². The number of amides is 1. The molecule has 0 fully saturated rings. The summed E-state index contributed by atoms with van der Waals surface area (Å²) in [6, 6.07) is 1.94. The highest BCUT2D eigenvalue weighted by molar-refractivity contribution is 9.10. The molecular formula is C12H15BrN2O4. The van der Waals surface area contributed by atoms with Crippen molar-refractivity contribution < 1.29 is 14.7 Å². The summed E-state index contributed by atoms with van der Waals surface area (Å²) in [6.07, 6.45) is 1.48. The highest BCUT2D eigenvalue weighted by Crippen LogP contribution is 2.05. The Bertz CT molecular complexity index is 539. The van der Waals surface area contributed by atoms with Crippen molar-refractivity contribution in [1.82, 2.24) is 9.88 Å². The number of nitrogens with zero attached hydrogens (tertiary/aromatic N) is 1. The number of rotatable bonds is 5. The molecule has 0 radical (unpaired) electrons. The SMILES string of the molecule is CC(C)C(NC(=O)Cn1cc(Br)ccc1=O)C(=O)O. The van der Waals surface area contributed by atoms with Gasteiger partial charge in [0.2, 0.25) is 5.91 Å². The fourth-order valence-electron chi connectivity index (χ4n) is 1.51. The molecule has 0 spiro atoms. The van der Waals surface area contributed by atoms with Crippen LogP contribution in [-0.4, -0.2) is 27.6 Å². The third kappa shape index (κ3) is 4.51.